The standard InChI is InChI=1S/C9H12N6O3S2/c1-14-9(19,11-12-13-14)3-2-20-7-4(10)6(16)15(7)5(3)8(17)18/h4,7,19H,2,10H2,1H3,(H,11,13)(H,17,18)/t4?,7-,9?/m1/s1. The Labute approximate surface area is 123 Å². The van der Waals surface area contributed by atoms with Crippen LogP contribution in [0.15, 0.2) is 21.6 Å². The van der Waals surface area contributed by atoms with Gasteiger partial charge in [0.15, 0.2) is 0 Å². The molecule has 0 bridgehead atoms. The quantitative estimate of drug-likeness (QED) is 0.379. The van der Waals surface area contributed by atoms with E-state index in [9.17, 15) is 14.7 Å². The molecule has 3 aliphatic rings. The smallest absolute Gasteiger partial charge is 0.352 e. The van der Waals surface area contributed by atoms with E-state index in [1.807, 2.05) is 0 Å². The molecule has 0 aromatic heterocycles. The molecule has 3 rings (SSSR count). The van der Waals surface area contributed by atoms with Crippen LogP contribution in [0.25, 0.3) is 0 Å². The molecule has 4 N–H and O–H groups in total. The van der Waals surface area contributed by atoms with Crippen LogP contribution in [0.2, 0.25) is 0 Å². The average Bonchev–Trinajstić information content (AvgIpc) is 2.77. The summed E-state index contributed by atoms with van der Waals surface area (Å²) in [5.74, 6) is -1.24. The number of hydrogen-bond donors (Lipinski definition) is 4. The maximum Gasteiger partial charge on any atom is 0.352 e. The van der Waals surface area contributed by atoms with Gasteiger partial charge in [-0.3, -0.25) is 9.69 Å². The van der Waals surface area contributed by atoms with Gasteiger partial charge in [-0.05, 0) is 0 Å². The fraction of sp³-hybridized carbons (Fsp3) is 0.556. The van der Waals surface area contributed by atoms with Crippen molar-refractivity contribution >= 4 is 36.3 Å². The minimum absolute atomic E-state index is 0.107. The van der Waals surface area contributed by atoms with Crippen molar-refractivity contribution in [3.63, 3.8) is 0 Å². The Kier molecular flexibility index (Phi) is 2.97. The summed E-state index contributed by atoms with van der Waals surface area (Å²) in [7, 11) is 1.64. The summed E-state index contributed by atoms with van der Waals surface area (Å²) in [4.78, 5) is 23.4. The van der Waals surface area contributed by atoms with Gasteiger partial charge in [0.25, 0.3) is 0 Å². The van der Waals surface area contributed by atoms with Crippen LogP contribution in [0.1, 0.15) is 0 Å². The lowest BCUT2D eigenvalue weighted by atomic mass is 10.0. The number of carboxylic acid groups (broad SMARTS) is 1. The monoisotopic (exact) mass is 316 g/mol. The van der Waals surface area contributed by atoms with E-state index in [1.165, 1.54) is 21.7 Å². The van der Waals surface area contributed by atoms with Gasteiger partial charge in [-0.2, -0.15) is 5.01 Å². The maximum atomic E-state index is 11.8. The molecular formula is C9H12N6O3S2. The van der Waals surface area contributed by atoms with Gasteiger partial charge in [-0.1, -0.05) is 5.22 Å². The van der Waals surface area contributed by atoms with Gasteiger partial charge < -0.3 is 10.8 Å². The summed E-state index contributed by atoms with van der Waals surface area (Å²) in [6.07, 6.45) is 0. The van der Waals surface area contributed by atoms with Crippen LogP contribution in [0.5, 0.6) is 0 Å². The van der Waals surface area contributed by atoms with E-state index in [0.717, 1.165) is 0 Å². The number of thiol groups is 1. The number of hydrazine groups is 1. The zero-order chi connectivity index (χ0) is 14.7. The SMILES string of the molecule is CN1NN=NC1(S)C1=C(C(=O)O)N2C(=O)C(N)[C@H]2SC1. The molecule has 1 fully saturated rings. The predicted molar refractivity (Wildman–Crippen MR) is 73.2 cm³/mol. The molecule has 0 aromatic rings. The molecule has 0 spiro atoms. The molecule has 20 heavy (non-hydrogen) atoms. The van der Waals surface area contributed by atoms with Gasteiger partial charge in [0, 0.05) is 18.4 Å². The van der Waals surface area contributed by atoms with Gasteiger partial charge in [-0.15, -0.1) is 29.5 Å². The number of aliphatic carboxylic acids is 1. The molecule has 11 heteroatoms. The normalized spacial score (nSPS) is 36.8. The Balaban J connectivity index is 2.10. The lowest BCUT2D eigenvalue weighted by Gasteiger charge is -2.49. The summed E-state index contributed by atoms with van der Waals surface area (Å²) in [6, 6.07) is -0.659. The van der Waals surface area contributed by atoms with Crippen molar-refractivity contribution in [2.75, 3.05) is 12.8 Å². The molecular weight excluding hydrogens is 304 g/mol. The van der Waals surface area contributed by atoms with Crippen molar-refractivity contribution in [3.8, 4) is 0 Å². The average molecular weight is 316 g/mol. The number of nitrogens with zero attached hydrogens (tertiary/aromatic N) is 4. The Morgan fingerprint density at radius 1 is 1.70 bits per heavy atom. The second kappa shape index (κ2) is 4.35. The van der Waals surface area contributed by atoms with Crippen molar-refractivity contribution in [1.29, 1.82) is 0 Å². The second-order valence-corrected chi connectivity index (χ2v) is 6.29. The molecule has 1 saturated heterocycles. The summed E-state index contributed by atoms with van der Waals surface area (Å²) in [5, 5.41) is 18.2. The van der Waals surface area contributed by atoms with Crippen molar-refractivity contribution in [2.24, 2.45) is 16.1 Å². The number of β-lactam (4-membered cyclic amide) rings is 1. The first kappa shape index (κ1) is 13.7. The third-order valence-electron chi connectivity index (χ3n) is 3.47. The zero-order valence-electron chi connectivity index (χ0n) is 10.3. The topological polar surface area (TPSA) is 124 Å². The van der Waals surface area contributed by atoms with E-state index < -0.39 is 22.9 Å². The number of carboxylic acids is 1. The molecule has 3 atom stereocenters. The van der Waals surface area contributed by atoms with Crippen molar-refractivity contribution in [1.82, 2.24) is 15.4 Å². The van der Waals surface area contributed by atoms with Crippen LogP contribution in [-0.2, 0) is 9.59 Å². The van der Waals surface area contributed by atoms with Gasteiger partial charge in [-0.25, -0.2) is 10.3 Å². The first-order chi connectivity index (χ1) is 9.38. The predicted octanol–water partition coefficient (Wildman–Crippen LogP) is -1.03. The Morgan fingerprint density at radius 3 is 2.95 bits per heavy atom. The van der Waals surface area contributed by atoms with E-state index in [0.29, 0.717) is 11.3 Å². The molecule has 108 valence electrons. The number of thioether (sulfide) groups is 1. The molecule has 9 nitrogen and oxygen atoms in total. The van der Waals surface area contributed by atoms with Crippen LogP contribution >= 0.6 is 24.4 Å². The highest BCUT2D eigenvalue weighted by molar-refractivity contribution is 8.00. The highest BCUT2D eigenvalue weighted by Gasteiger charge is 2.55. The first-order valence-corrected chi connectivity index (χ1v) is 7.18. The van der Waals surface area contributed by atoms with Crippen LogP contribution in [0.3, 0.4) is 0 Å². The molecule has 0 aliphatic carbocycles. The van der Waals surface area contributed by atoms with Crippen LogP contribution < -0.4 is 11.3 Å². The third kappa shape index (κ3) is 1.60. The molecule has 3 aliphatic heterocycles. The number of nitrogens with two attached hydrogens (primary N) is 1. The molecule has 0 aromatic carbocycles. The Hall–Kier alpha value is -1.30. The summed E-state index contributed by atoms with van der Waals surface area (Å²) in [5.41, 5.74) is 8.56. The van der Waals surface area contributed by atoms with Gasteiger partial charge >= 0.3 is 5.97 Å². The number of rotatable bonds is 2. The van der Waals surface area contributed by atoms with E-state index >= 15 is 0 Å². The van der Waals surface area contributed by atoms with E-state index in [1.54, 1.807) is 7.05 Å². The fourth-order valence-electron chi connectivity index (χ4n) is 2.33. The van der Waals surface area contributed by atoms with Crippen LogP contribution in [0.4, 0.5) is 0 Å². The van der Waals surface area contributed by atoms with Crippen LogP contribution in [0, 0.1) is 0 Å². The number of carbonyl (C=O) groups is 2. The Morgan fingerprint density at radius 2 is 2.40 bits per heavy atom. The number of nitrogens with one attached hydrogen (secondary N) is 1. The Bertz CT molecular complexity index is 566. The number of carbonyl (C=O) groups excluding carboxylic acids is 1. The molecule has 3 heterocycles. The molecule has 1 amide bonds. The van der Waals surface area contributed by atoms with Gasteiger partial charge in [0.05, 0.1) is 0 Å². The van der Waals surface area contributed by atoms with Crippen molar-refractivity contribution < 1.29 is 14.7 Å². The fourth-order valence-corrected chi connectivity index (χ4v) is 4.07. The van der Waals surface area contributed by atoms with E-state index in [2.05, 4.69) is 28.5 Å². The van der Waals surface area contributed by atoms with Crippen LogP contribution in [-0.4, -0.2) is 56.1 Å². The lowest BCUT2D eigenvalue weighted by molar-refractivity contribution is -0.148. The maximum absolute atomic E-state index is 11.8. The third-order valence-corrected chi connectivity index (χ3v) is 5.43. The van der Waals surface area contributed by atoms with Gasteiger partial charge in [0.1, 0.15) is 17.1 Å². The molecule has 2 unspecified atom stereocenters. The van der Waals surface area contributed by atoms with Crippen molar-refractivity contribution in [3.05, 3.63) is 11.3 Å². The second-order valence-electron chi connectivity index (χ2n) is 4.56. The number of amides is 1. The minimum atomic E-state index is -1.23. The lowest BCUT2D eigenvalue weighted by Crippen LogP contribution is -2.69. The zero-order valence-corrected chi connectivity index (χ0v) is 12.1. The number of hydrogen-bond acceptors (Lipinski definition) is 9. The van der Waals surface area contributed by atoms with E-state index in [4.69, 9.17) is 5.73 Å². The summed E-state index contributed by atoms with van der Waals surface area (Å²) < 4.78 is 0. The summed E-state index contributed by atoms with van der Waals surface area (Å²) in [6.45, 7) is 0. The highest BCUT2D eigenvalue weighted by atomic mass is 32.2. The van der Waals surface area contributed by atoms with E-state index in [-0.39, 0.29) is 11.1 Å². The largest absolute Gasteiger partial charge is 0.477 e. The summed E-state index contributed by atoms with van der Waals surface area (Å²) >= 11 is 5.81. The molecule has 0 saturated carbocycles. The minimum Gasteiger partial charge on any atom is -0.477 e. The highest BCUT2D eigenvalue weighted by Crippen LogP contribution is 2.45. The molecule has 0 radical (unpaired) electrons. The van der Waals surface area contributed by atoms with Crippen molar-refractivity contribution in [2.45, 2.75) is 16.4 Å². The number of fused-ring (bicyclic) bond motifs is 1. The number of likely N-dealkylation sites (N-methyl/N-ethyl adjacent to an activating group) is 1. The van der Waals surface area contributed by atoms with Gasteiger partial charge in [0.2, 0.25) is 10.9 Å². The first-order valence-electron chi connectivity index (χ1n) is 5.69.